The number of aliphatic imine (C=N–C) groups is 1. The van der Waals surface area contributed by atoms with E-state index in [1.165, 1.54) is 45.1 Å². The Balaban J connectivity index is 1.29. The minimum absolute atomic E-state index is 0.273. The number of pyridine rings is 1. The number of nitrogens with two attached hydrogens (primary N) is 1. The quantitative estimate of drug-likeness (QED) is 0.517. The summed E-state index contributed by atoms with van der Waals surface area (Å²) in [5, 5.41) is 4.87. The summed E-state index contributed by atoms with van der Waals surface area (Å²) >= 11 is 0. The van der Waals surface area contributed by atoms with E-state index in [1.807, 2.05) is 19.1 Å². The fourth-order valence-corrected chi connectivity index (χ4v) is 6.02. The number of hydrogen-bond acceptors (Lipinski definition) is 4. The van der Waals surface area contributed by atoms with Crippen LogP contribution >= 0.6 is 0 Å². The van der Waals surface area contributed by atoms with E-state index >= 15 is 0 Å². The molecular formula is C27H37N5O. The minimum Gasteiger partial charge on any atom is -0.387 e. The lowest BCUT2D eigenvalue weighted by Crippen LogP contribution is -2.45. The minimum atomic E-state index is -0.312. The third-order valence-electron chi connectivity index (χ3n) is 8.14. The lowest BCUT2D eigenvalue weighted by molar-refractivity contribution is 0.100. The van der Waals surface area contributed by atoms with E-state index in [4.69, 9.17) is 10.7 Å². The highest BCUT2D eigenvalue weighted by Gasteiger charge is 2.49. The zero-order chi connectivity index (χ0) is 23.0. The molecule has 2 aliphatic carbocycles. The Morgan fingerprint density at radius 1 is 1.18 bits per heavy atom. The number of amides is 1. The third-order valence-corrected chi connectivity index (χ3v) is 8.14. The standard InChI is InChI=1S/C27H37N5O/c1-18-6-7-24-20(15-18)16-23(26(33)30-19(2)28)25(31-24)32-13-8-22(9-14-32)29-17-21-5-3-4-10-27(21)11-12-27/h6-7,15-16,21-22,29H,3-5,8-14,17H2,1-2H3,(H2,28,30,33). The second-order valence-electron chi connectivity index (χ2n) is 10.6. The zero-order valence-corrected chi connectivity index (χ0v) is 20.1. The molecule has 1 saturated heterocycles. The number of hydrogen-bond donors (Lipinski definition) is 2. The summed E-state index contributed by atoms with van der Waals surface area (Å²) in [6.45, 7) is 6.65. The molecule has 1 aliphatic heterocycles. The van der Waals surface area contributed by atoms with Crippen LogP contribution in [0.2, 0.25) is 0 Å². The first-order chi connectivity index (χ1) is 15.9. The average Bonchev–Trinajstić information content (AvgIpc) is 3.57. The topological polar surface area (TPSA) is 83.6 Å². The largest absolute Gasteiger partial charge is 0.387 e. The summed E-state index contributed by atoms with van der Waals surface area (Å²) in [5.41, 5.74) is 9.01. The van der Waals surface area contributed by atoms with Crippen LogP contribution in [0.25, 0.3) is 10.9 Å². The molecule has 0 radical (unpaired) electrons. The van der Waals surface area contributed by atoms with Crippen molar-refractivity contribution in [2.24, 2.45) is 22.1 Å². The summed E-state index contributed by atoms with van der Waals surface area (Å²) in [6.07, 6.45) is 10.7. The molecular weight excluding hydrogens is 410 g/mol. The van der Waals surface area contributed by atoms with Crippen LogP contribution < -0.4 is 16.0 Å². The van der Waals surface area contributed by atoms with Crippen LogP contribution in [-0.4, -0.2) is 42.4 Å². The predicted molar refractivity (Wildman–Crippen MR) is 135 cm³/mol. The fraction of sp³-hybridized carbons (Fsp3) is 0.593. The highest BCUT2D eigenvalue weighted by Crippen LogP contribution is 2.59. The van der Waals surface area contributed by atoms with Crippen LogP contribution in [0, 0.1) is 18.3 Å². The molecule has 3 aliphatic rings. The Kier molecular flexibility index (Phi) is 6.12. The van der Waals surface area contributed by atoms with Crippen molar-refractivity contribution in [3.05, 3.63) is 35.4 Å². The molecule has 1 aromatic carbocycles. The van der Waals surface area contributed by atoms with E-state index in [0.29, 0.717) is 17.0 Å². The van der Waals surface area contributed by atoms with Crippen molar-refractivity contribution in [3.63, 3.8) is 0 Å². The number of aryl methyl sites for hydroxylation is 1. The molecule has 3 fully saturated rings. The van der Waals surface area contributed by atoms with Gasteiger partial charge >= 0.3 is 0 Å². The first-order valence-corrected chi connectivity index (χ1v) is 12.7. The first-order valence-electron chi connectivity index (χ1n) is 12.7. The molecule has 1 aromatic heterocycles. The van der Waals surface area contributed by atoms with Crippen LogP contribution in [0.3, 0.4) is 0 Å². The second kappa shape index (κ2) is 9.05. The van der Waals surface area contributed by atoms with E-state index in [2.05, 4.69) is 27.3 Å². The maximum atomic E-state index is 12.9. The Hall–Kier alpha value is -2.47. The summed E-state index contributed by atoms with van der Waals surface area (Å²) in [7, 11) is 0. The molecule has 2 saturated carbocycles. The predicted octanol–water partition coefficient (Wildman–Crippen LogP) is 4.59. The van der Waals surface area contributed by atoms with Crippen molar-refractivity contribution in [1.29, 1.82) is 0 Å². The van der Waals surface area contributed by atoms with Gasteiger partial charge < -0.3 is 16.0 Å². The maximum absolute atomic E-state index is 12.9. The van der Waals surface area contributed by atoms with Crippen molar-refractivity contribution >= 4 is 28.5 Å². The fourth-order valence-electron chi connectivity index (χ4n) is 6.02. The Morgan fingerprint density at radius 2 is 1.97 bits per heavy atom. The van der Waals surface area contributed by atoms with Crippen molar-refractivity contribution in [3.8, 4) is 0 Å². The van der Waals surface area contributed by atoms with Gasteiger partial charge in [-0.2, -0.15) is 4.99 Å². The summed E-state index contributed by atoms with van der Waals surface area (Å²) < 4.78 is 0. The highest BCUT2D eigenvalue weighted by molar-refractivity contribution is 6.07. The number of aromatic nitrogens is 1. The number of carbonyl (C=O) groups excluding carboxylic acids is 1. The van der Waals surface area contributed by atoms with Crippen LogP contribution in [0.1, 0.15) is 74.2 Å². The van der Waals surface area contributed by atoms with Gasteiger partial charge in [0.15, 0.2) is 0 Å². The molecule has 1 unspecified atom stereocenters. The average molecular weight is 448 g/mol. The number of anilines is 1. The molecule has 1 amide bonds. The number of fused-ring (bicyclic) bond motifs is 1. The lowest BCUT2D eigenvalue weighted by Gasteiger charge is -2.37. The molecule has 1 atom stereocenters. The zero-order valence-electron chi connectivity index (χ0n) is 20.1. The van der Waals surface area contributed by atoms with Gasteiger partial charge in [-0.15, -0.1) is 0 Å². The summed E-state index contributed by atoms with van der Waals surface area (Å²) in [5.74, 6) is 1.57. The van der Waals surface area contributed by atoms with Gasteiger partial charge in [-0.25, -0.2) is 4.98 Å². The van der Waals surface area contributed by atoms with Crippen molar-refractivity contribution < 1.29 is 4.79 Å². The number of nitrogens with zero attached hydrogens (tertiary/aromatic N) is 3. The van der Waals surface area contributed by atoms with Crippen LogP contribution in [0.4, 0.5) is 5.82 Å². The second-order valence-corrected chi connectivity index (χ2v) is 10.6. The van der Waals surface area contributed by atoms with Gasteiger partial charge in [0, 0.05) is 24.5 Å². The molecule has 0 bridgehead atoms. The van der Waals surface area contributed by atoms with Gasteiger partial charge in [0.05, 0.1) is 11.1 Å². The molecule has 2 heterocycles. The van der Waals surface area contributed by atoms with E-state index < -0.39 is 0 Å². The molecule has 3 N–H and O–H groups in total. The number of rotatable bonds is 5. The Morgan fingerprint density at radius 3 is 2.70 bits per heavy atom. The highest BCUT2D eigenvalue weighted by atomic mass is 16.1. The van der Waals surface area contributed by atoms with Gasteiger partial charge in [-0.05, 0) is 88.4 Å². The molecule has 6 heteroatoms. The molecule has 33 heavy (non-hydrogen) atoms. The smallest absolute Gasteiger partial charge is 0.282 e. The number of piperidine rings is 1. The van der Waals surface area contributed by atoms with Crippen molar-refractivity contribution in [2.75, 3.05) is 24.5 Å². The van der Waals surface area contributed by atoms with Gasteiger partial charge in [0.2, 0.25) is 0 Å². The molecule has 2 aromatic rings. The number of benzene rings is 1. The SMILES string of the molecule is CC(N)=NC(=O)c1cc2cc(C)ccc2nc1N1CCC(NCC2CCCCC23CC3)CC1. The van der Waals surface area contributed by atoms with Gasteiger partial charge in [-0.3, -0.25) is 4.79 Å². The Labute approximate surface area is 197 Å². The molecule has 176 valence electrons. The number of nitrogens with one attached hydrogen (secondary N) is 1. The van der Waals surface area contributed by atoms with Crippen LogP contribution in [0.15, 0.2) is 29.3 Å². The lowest BCUT2D eigenvalue weighted by atomic mass is 9.76. The van der Waals surface area contributed by atoms with E-state index in [-0.39, 0.29) is 11.7 Å². The van der Waals surface area contributed by atoms with Crippen molar-refractivity contribution in [1.82, 2.24) is 10.3 Å². The number of carbonyl (C=O) groups is 1. The summed E-state index contributed by atoms with van der Waals surface area (Å²) in [4.78, 5) is 24.1. The first kappa shape index (κ1) is 22.3. The maximum Gasteiger partial charge on any atom is 0.282 e. The summed E-state index contributed by atoms with van der Waals surface area (Å²) in [6, 6.07) is 8.64. The Bertz CT molecular complexity index is 1060. The van der Waals surface area contributed by atoms with E-state index in [1.54, 1.807) is 6.92 Å². The van der Waals surface area contributed by atoms with E-state index in [0.717, 1.165) is 54.1 Å². The monoisotopic (exact) mass is 447 g/mol. The normalized spacial score (nSPS) is 23.3. The van der Waals surface area contributed by atoms with Crippen molar-refractivity contribution in [2.45, 2.75) is 71.3 Å². The number of amidine groups is 1. The molecule has 6 nitrogen and oxygen atoms in total. The van der Waals surface area contributed by atoms with Gasteiger partial charge in [0.1, 0.15) is 11.7 Å². The van der Waals surface area contributed by atoms with Crippen LogP contribution in [0.5, 0.6) is 0 Å². The molecule has 1 spiro atoms. The van der Waals surface area contributed by atoms with Gasteiger partial charge in [0.25, 0.3) is 5.91 Å². The van der Waals surface area contributed by atoms with Gasteiger partial charge in [-0.1, -0.05) is 24.5 Å². The molecule has 5 rings (SSSR count). The van der Waals surface area contributed by atoms with E-state index in [9.17, 15) is 4.79 Å². The third kappa shape index (κ3) is 4.77. The van der Waals surface area contributed by atoms with Crippen LogP contribution in [-0.2, 0) is 0 Å².